The quantitative estimate of drug-likeness (QED) is 0.925. The second-order valence-electron chi connectivity index (χ2n) is 6.98. The molecule has 0 aliphatic heterocycles. The second kappa shape index (κ2) is 5.82. The number of benzene rings is 1. The maximum atomic E-state index is 12.6. The van der Waals surface area contributed by atoms with E-state index in [2.05, 4.69) is 5.32 Å². The molecule has 1 aromatic carbocycles. The van der Waals surface area contributed by atoms with E-state index in [4.69, 9.17) is 9.15 Å². The molecule has 1 amide bonds. The summed E-state index contributed by atoms with van der Waals surface area (Å²) in [6.45, 7) is 5.82. The number of hydrogen-bond acceptors (Lipinski definition) is 4. The molecule has 0 bridgehead atoms. The first-order valence-electron chi connectivity index (χ1n) is 7.91. The van der Waals surface area contributed by atoms with Gasteiger partial charge in [0.15, 0.2) is 11.5 Å². The number of rotatable bonds is 3. The van der Waals surface area contributed by atoms with Crippen LogP contribution in [0.2, 0.25) is 0 Å². The fraction of sp³-hybridized carbons (Fsp3) is 0.368. The number of methoxy groups -OCH3 is 1. The molecule has 0 spiro atoms. The summed E-state index contributed by atoms with van der Waals surface area (Å²) in [6.07, 6.45) is 1.12. The lowest BCUT2D eigenvalue weighted by Gasteiger charge is -2.27. The summed E-state index contributed by atoms with van der Waals surface area (Å²) in [4.78, 5) is 25.0. The number of carbonyl (C=O) groups excluding carboxylic acids is 2. The molecule has 0 radical (unpaired) electrons. The van der Waals surface area contributed by atoms with E-state index in [0.29, 0.717) is 41.2 Å². The van der Waals surface area contributed by atoms with Crippen LogP contribution in [0.5, 0.6) is 5.75 Å². The number of anilines is 1. The van der Waals surface area contributed by atoms with Crippen LogP contribution in [0.3, 0.4) is 0 Å². The fourth-order valence-corrected chi connectivity index (χ4v) is 3.19. The Morgan fingerprint density at radius 3 is 2.75 bits per heavy atom. The zero-order chi connectivity index (χ0) is 17.5. The van der Waals surface area contributed by atoms with Gasteiger partial charge in [-0.2, -0.15) is 0 Å². The van der Waals surface area contributed by atoms with Gasteiger partial charge in [-0.05, 0) is 24.5 Å². The Morgan fingerprint density at radius 2 is 2.04 bits per heavy atom. The first-order chi connectivity index (χ1) is 11.3. The minimum absolute atomic E-state index is 0.0444. The molecule has 1 aliphatic carbocycles. The maximum Gasteiger partial charge on any atom is 0.291 e. The van der Waals surface area contributed by atoms with Crippen molar-refractivity contribution in [1.82, 2.24) is 0 Å². The van der Waals surface area contributed by atoms with Crippen molar-refractivity contribution in [2.75, 3.05) is 12.4 Å². The summed E-state index contributed by atoms with van der Waals surface area (Å²) >= 11 is 0. The van der Waals surface area contributed by atoms with E-state index < -0.39 is 0 Å². The van der Waals surface area contributed by atoms with Gasteiger partial charge in [-0.3, -0.25) is 9.59 Å². The molecule has 1 aliphatic rings. The molecule has 126 valence electrons. The highest BCUT2D eigenvalue weighted by Gasteiger charge is 2.37. The van der Waals surface area contributed by atoms with E-state index >= 15 is 0 Å². The van der Waals surface area contributed by atoms with Crippen molar-refractivity contribution in [2.24, 2.45) is 5.41 Å². The second-order valence-corrected chi connectivity index (χ2v) is 6.98. The Morgan fingerprint density at radius 1 is 1.29 bits per heavy atom. The van der Waals surface area contributed by atoms with Crippen molar-refractivity contribution >= 4 is 17.4 Å². The number of furan rings is 1. The van der Waals surface area contributed by atoms with E-state index in [1.54, 1.807) is 38.3 Å². The van der Waals surface area contributed by atoms with E-state index in [0.717, 1.165) is 0 Å². The topological polar surface area (TPSA) is 68.5 Å². The number of amides is 1. The molecule has 3 rings (SSSR count). The molecular formula is C19H21NO4. The maximum absolute atomic E-state index is 12.6. The van der Waals surface area contributed by atoms with Crippen molar-refractivity contribution in [3.8, 4) is 5.75 Å². The van der Waals surface area contributed by atoms with E-state index in [1.807, 2.05) is 13.8 Å². The van der Waals surface area contributed by atoms with Gasteiger partial charge in [-0.25, -0.2) is 0 Å². The van der Waals surface area contributed by atoms with Gasteiger partial charge >= 0.3 is 0 Å². The van der Waals surface area contributed by atoms with Crippen LogP contribution in [0.15, 0.2) is 28.7 Å². The van der Waals surface area contributed by atoms with Crippen molar-refractivity contribution in [3.63, 3.8) is 0 Å². The Kier molecular flexibility index (Phi) is 3.95. The van der Waals surface area contributed by atoms with Gasteiger partial charge in [-0.1, -0.05) is 19.9 Å². The summed E-state index contributed by atoms with van der Waals surface area (Å²) < 4.78 is 10.9. The smallest absolute Gasteiger partial charge is 0.291 e. The molecule has 0 saturated heterocycles. The molecule has 5 nitrogen and oxygen atoms in total. The zero-order valence-corrected chi connectivity index (χ0v) is 14.4. The van der Waals surface area contributed by atoms with Gasteiger partial charge in [-0.15, -0.1) is 0 Å². The van der Waals surface area contributed by atoms with Gasteiger partial charge < -0.3 is 14.5 Å². The number of ketones is 1. The molecule has 0 atom stereocenters. The Bertz CT molecular complexity index is 817. The zero-order valence-electron chi connectivity index (χ0n) is 14.4. The minimum atomic E-state index is -0.360. The summed E-state index contributed by atoms with van der Waals surface area (Å²) in [5, 5.41) is 2.79. The number of Topliss-reactive ketones (excluding diaryl/α,β-unsaturated/α-hetero) is 1. The lowest BCUT2D eigenvalue weighted by Crippen LogP contribution is -2.26. The molecule has 2 aromatic rings. The van der Waals surface area contributed by atoms with Crippen LogP contribution in [0.4, 0.5) is 5.69 Å². The van der Waals surface area contributed by atoms with E-state index in [1.165, 1.54) is 0 Å². The van der Waals surface area contributed by atoms with Crippen LogP contribution in [0.1, 0.15) is 52.5 Å². The molecule has 0 fully saturated rings. The first kappa shape index (κ1) is 16.3. The van der Waals surface area contributed by atoms with Crippen molar-refractivity contribution < 1.29 is 18.7 Å². The summed E-state index contributed by atoms with van der Waals surface area (Å²) in [5.41, 5.74) is 1.66. The summed E-state index contributed by atoms with van der Waals surface area (Å²) in [6, 6.07) is 7.09. The normalized spacial score (nSPS) is 15.8. The highest BCUT2D eigenvalue weighted by Crippen LogP contribution is 2.38. The highest BCUT2D eigenvalue weighted by atomic mass is 16.5. The summed E-state index contributed by atoms with van der Waals surface area (Å²) in [5.74, 6) is 1.15. The fourth-order valence-electron chi connectivity index (χ4n) is 3.19. The number of ether oxygens (including phenoxy) is 1. The third-order valence-electron chi connectivity index (χ3n) is 4.31. The molecule has 24 heavy (non-hydrogen) atoms. The number of hydrogen-bond donors (Lipinski definition) is 1. The molecule has 0 saturated carbocycles. The van der Waals surface area contributed by atoms with Crippen molar-refractivity contribution in [1.29, 1.82) is 0 Å². The van der Waals surface area contributed by atoms with Crippen LogP contribution in [-0.4, -0.2) is 18.8 Å². The molecule has 0 unspecified atom stereocenters. The average Bonchev–Trinajstić information content (AvgIpc) is 2.83. The van der Waals surface area contributed by atoms with Gasteiger partial charge in [0.2, 0.25) is 0 Å². The molecule has 1 aromatic heterocycles. The van der Waals surface area contributed by atoms with E-state index in [9.17, 15) is 9.59 Å². The van der Waals surface area contributed by atoms with Crippen LogP contribution in [-0.2, 0) is 6.42 Å². The van der Waals surface area contributed by atoms with Crippen LogP contribution in [0.25, 0.3) is 0 Å². The van der Waals surface area contributed by atoms with E-state index in [-0.39, 0.29) is 22.9 Å². The minimum Gasteiger partial charge on any atom is -0.497 e. The third-order valence-corrected chi connectivity index (χ3v) is 4.31. The summed E-state index contributed by atoms with van der Waals surface area (Å²) in [7, 11) is 1.57. The number of fused-ring (bicyclic) bond motifs is 1. The van der Waals surface area contributed by atoms with Crippen molar-refractivity contribution in [3.05, 3.63) is 46.9 Å². The molecular weight excluding hydrogens is 306 g/mol. The predicted octanol–water partition coefficient (Wildman–Crippen LogP) is 4.00. The average molecular weight is 327 g/mol. The predicted molar refractivity (Wildman–Crippen MR) is 90.8 cm³/mol. The van der Waals surface area contributed by atoms with Crippen LogP contribution < -0.4 is 10.1 Å². The van der Waals surface area contributed by atoms with Crippen molar-refractivity contribution in [2.45, 2.75) is 33.6 Å². The Labute approximate surface area is 141 Å². The Balaban J connectivity index is 1.90. The Hall–Kier alpha value is -2.56. The van der Waals surface area contributed by atoms with Crippen LogP contribution in [0, 0.1) is 12.3 Å². The van der Waals surface area contributed by atoms with Gasteiger partial charge in [0.05, 0.1) is 12.7 Å². The third kappa shape index (κ3) is 2.94. The lowest BCUT2D eigenvalue weighted by molar-refractivity contribution is 0.0898. The van der Waals surface area contributed by atoms with Gasteiger partial charge in [0, 0.05) is 30.2 Å². The lowest BCUT2D eigenvalue weighted by atomic mass is 9.76. The van der Waals surface area contributed by atoms with Gasteiger partial charge in [0.1, 0.15) is 11.5 Å². The molecule has 5 heteroatoms. The SMILES string of the molecule is COc1cccc(NC(=O)c2oc3c(c2C)C(=O)CC(C)(C)C3)c1. The molecule has 1 heterocycles. The number of carbonyl (C=O) groups is 2. The first-order valence-corrected chi connectivity index (χ1v) is 7.91. The van der Waals surface area contributed by atoms with Gasteiger partial charge in [0.25, 0.3) is 5.91 Å². The highest BCUT2D eigenvalue weighted by molar-refractivity contribution is 6.07. The largest absolute Gasteiger partial charge is 0.497 e. The standard InChI is InChI=1S/C19H21NO4/c1-11-16-14(21)9-19(2,3)10-15(16)24-17(11)18(22)20-12-6-5-7-13(8-12)23-4/h5-8H,9-10H2,1-4H3,(H,20,22). The number of nitrogens with one attached hydrogen (secondary N) is 1. The monoisotopic (exact) mass is 327 g/mol. The van der Waals surface area contributed by atoms with Crippen LogP contribution >= 0.6 is 0 Å². The molecule has 1 N–H and O–H groups in total.